The second kappa shape index (κ2) is 11.5. The summed E-state index contributed by atoms with van der Waals surface area (Å²) in [7, 11) is 0. The molecule has 0 spiro atoms. The van der Waals surface area contributed by atoms with Crippen LogP contribution in [0, 0.1) is 32.1 Å². The van der Waals surface area contributed by atoms with Crippen molar-refractivity contribution in [3.05, 3.63) is 92.5 Å². The van der Waals surface area contributed by atoms with Crippen molar-refractivity contribution >= 4 is 33.6 Å². The number of hydrogen-bond donors (Lipinski definition) is 1. The van der Waals surface area contributed by atoms with Gasteiger partial charge in [-0.3, -0.25) is 4.79 Å². The van der Waals surface area contributed by atoms with Crippen molar-refractivity contribution in [2.45, 2.75) is 34.3 Å². The topological polar surface area (TPSA) is 71.3 Å². The van der Waals surface area contributed by atoms with Crippen molar-refractivity contribution in [1.82, 2.24) is 0 Å². The first-order valence-electron chi connectivity index (χ1n) is 11.0. The van der Waals surface area contributed by atoms with Crippen LogP contribution in [0.15, 0.2) is 64.6 Å². The molecule has 0 aliphatic heterocycles. The first kappa shape index (κ1) is 25.1. The van der Waals surface area contributed by atoms with E-state index in [1.807, 2.05) is 70.2 Å². The normalized spacial score (nSPS) is 11.0. The van der Waals surface area contributed by atoms with E-state index >= 15 is 0 Å². The third kappa shape index (κ3) is 6.49. The summed E-state index contributed by atoms with van der Waals surface area (Å²) < 4.78 is 12.5. The van der Waals surface area contributed by atoms with Crippen LogP contribution in [0.5, 0.6) is 11.5 Å². The molecule has 0 atom stereocenters. The number of nitriles is 1. The number of carbonyl (C=O) groups is 1. The number of rotatable bonds is 8. The molecule has 0 aliphatic carbocycles. The van der Waals surface area contributed by atoms with Crippen molar-refractivity contribution in [1.29, 1.82) is 5.26 Å². The maximum absolute atomic E-state index is 12.8. The van der Waals surface area contributed by atoms with Gasteiger partial charge in [-0.15, -0.1) is 0 Å². The molecule has 3 aromatic carbocycles. The monoisotopic (exact) mass is 518 g/mol. The quantitative estimate of drug-likeness (QED) is 0.260. The van der Waals surface area contributed by atoms with Crippen molar-refractivity contribution in [2.24, 2.45) is 0 Å². The number of carbonyl (C=O) groups excluding carboxylic acids is 1. The predicted octanol–water partition coefficient (Wildman–Crippen LogP) is 6.90. The third-order valence-corrected chi connectivity index (χ3v) is 5.82. The second-order valence-corrected chi connectivity index (χ2v) is 8.83. The minimum atomic E-state index is -0.473. The summed E-state index contributed by atoms with van der Waals surface area (Å²) in [4.78, 5) is 12.8. The molecular formula is C28H27BrN2O3. The molecule has 5 nitrogen and oxygen atoms in total. The Morgan fingerprint density at radius 3 is 2.44 bits per heavy atom. The molecule has 3 aromatic rings. The molecule has 1 N–H and O–H groups in total. The first-order chi connectivity index (χ1) is 16.3. The van der Waals surface area contributed by atoms with E-state index in [0.717, 1.165) is 22.3 Å². The van der Waals surface area contributed by atoms with Gasteiger partial charge < -0.3 is 14.8 Å². The molecule has 3 rings (SSSR count). The Bertz CT molecular complexity index is 1280. The van der Waals surface area contributed by atoms with Gasteiger partial charge in [-0.05, 0) is 68.7 Å². The van der Waals surface area contributed by atoms with Gasteiger partial charge in [0.2, 0.25) is 0 Å². The highest BCUT2D eigenvalue weighted by molar-refractivity contribution is 9.10. The zero-order chi connectivity index (χ0) is 24.7. The standard InChI is InChI=1S/C28H27BrN2O3/c1-5-33-26-14-22(24(29)15-27(26)34-17-21-8-6-7-18(2)12-21)13-23(16-30)28(32)31-25-10-9-19(3)11-20(25)4/h6-15H,5,17H2,1-4H3,(H,31,32)/b23-13+. The fourth-order valence-corrected chi connectivity index (χ4v) is 3.89. The average Bonchev–Trinajstić information content (AvgIpc) is 2.80. The smallest absolute Gasteiger partial charge is 0.266 e. The predicted molar refractivity (Wildman–Crippen MR) is 139 cm³/mol. The number of aryl methyl sites for hydroxylation is 3. The van der Waals surface area contributed by atoms with Gasteiger partial charge >= 0.3 is 0 Å². The Labute approximate surface area is 209 Å². The lowest BCUT2D eigenvalue weighted by Gasteiger charge is -2.14. The Morgan fingerprint density at radius 2 is 1.76 bits per heavy atom. The minimum Gasteiger partial charge on any atom is -0.490 e. The number of halogens is 1. The summed E-state index contributed by atoms with van der Waals surface area (Å²) in [5.74, 6) is 0.640. The lowest BCUT2D eigenvalue weighted by Crippen LogP contribution is -2.14. The zero-order valence-corrected chi connectivity index (χ0v) is 21.3. The van der Waals surface area contributed by atoms with Crippen LogP contribution in [0.25, 0.3) is 6.08 Å². The van der Waals surface area contributed by atoms with Crippen LogP contribution in [0.2, 0.25) is 0 Å². The van der Waals surface area contributed by atoms with Gasteiger partial charge in [-0.2, -0.15) is 5.26 Å². The SMILES string of the molecule is CCOc1cc(/C=C(\C#N)C(=O)Nc2ccc(C)cc2C)c(Br)cc1OCc1cccc(C)c1. The third-order valence-electron chi connectivity index (χ3n) is 5.13. The van der Waals surface area contributed by atoms with Crippen molar-refractivity contribution < 1.29 is 14.3 Å². The molecule has 0 aromatic heterocycles. The molecular weight excluding hydrogens is 492 g/mol. The molecule has 34 heavy (non-hydrogen) atoms. The maximum atomic E-state index is 12.8. The number of amides is 1. The molecule has 6 heteroatoms. The number of nitrogens with zero attached hydrogens (tertiary/aromatic N) is 1. The van der Waals surface area contributed by atoms with Gasteiger partial charge in [0.05, 0.1) is 6.61 Å². The van der Waals surface area contributed by atoms with Crippen molar-refractivity contribution in [3.8, 4) is 17.6 Å². The van der Waals surface area contributed by atoms with E-state index in [4.69, 9.17) is 9.47 Å². The Balaban J connectivity index is 1.86. The molecule has 0 bridgehead atoms. The van der Waals surface area contributed by atoms with Crippen LogP contribution in [-0.4, -0.2) is 12.5 Å². The fraction of sp³-hybridized carbons (Fsp3) is 0.214. The first-order valence-corrected chi connectivity index (χ1v) is 11.7. The van der Waals surface area contributed by atoms with Crippen LogP contribution < -0.4 is 14.8 Å². The summed E-state index contributed by atoms with van der Waals surface area (Å²) in [5.41, 5.74) is 5.54. The lowest BCUT2D eigenvalue weighted by molar-refractivity contribution is -0.112. The molecule has 1 amide bonds. The summed E-state index contributed by atoms with van der Waals surface area (Å²) in [6.07, 6.45) is 1.54. The van der Waals surface area contributed by atoms with Crippen LogP contribution in [0.3, 0.4) is 0 Å². The van der Waals surface area contributed by atoms with E-state index in [9.17, 15) is 10.1 Å². The highest BCUT2D eigenvalue weighted by Gasteiger charge is 2.15. The van der Waals surface area contributed by atoms with Crippen LogP contribution in [-0.2, 0) is 11.4 Å². The van der Waals surface area contributed by atoms with E-state index in [1.54, 1.807) is 12.1 Å². The molecule has 0 radical (unpaired) electrons. The van der Waals surface area contributed by atoms with Crippen molar-refractivity contribution in [2.75, 3.05) is 11.9 Å². The molecule has 0 saturated carbocycles. The highest BCUT2D eigenvalue weighted by Crippen LogP contribution is 2.35. The largest absolute Gasteiger partial charge is 0.490 e. The fourth-order valence-electron chi connectivity index (χ4n) is 3.45. The molecule has 0 unspecified atom stereocenters. The molecule has 0 heterocycles. The number of hydrogen-bond acceptors (Lipinski definition) is 4. The van der Waals surface area contributed by atoms with Gasteiger partial charge in [-0.1, -0.05) is 63.5 Å². The van der Waals surface area contributed by atoms with Gasteiger partial charge in [0.1, 0.15) is 18.2 Å². The Hall–Kier alpha value is -3.56. The van der Waals surface area contributed by atoms with Gasteiger partial charge in [0, 0.05) is 10.2 Å². The molecule has 0 saturated heterocycles. The van der Waals surface area contributed by atoms with Crippen molar-refractivity contribution in [3.63, 3.8) is 0 Å². The number of benzene rings is 3. The van der Waals surface area contributed by atoms with E-state index in [-0.39, 0.29) is 5.57 Å². The van der Waals surface area contributed by atoms with E-state index < -0.39 is 5.91 Å². The summed E-state index contributed by atoms with van der Waals surface area (Å²) in [6, 6.07) is 19.4. The van der Waals surface area contributed by atoms with E-state index in [0.29, 0.717) is 40.4 Å². The lowest BCUT2D eigenvalue weighted by atomic mass is 10.1. The Morgan fingerprint density at radius 1 is 1.03 bits per heavy atom. The Kier molecular flexibility index (Phi) is 8.50. The number of ether oxygens (including phenoxy) is 2. The second-order valence-electron chi connectivity index (χ2n) is 7.97. The van der Waals surface area contributed by atoms with E-state index in [2.05, 4.69) is 27.3 Å². The summed E-state index contributed by atoms with van der Waals surface area (Å²) in [6.45, 7) is 8.67. The van der Waals surface area contributed by atoms with Crippen LogP contribution >= 0.6 is 15.9 Å². The number of nitrogens with one attached hydrogen (secondary N) is 1. The van der Waals surface area contributed by atoms with Crippen LogP contribution in [0.1, 0.15) is 34.7 Å². The van der Waals surface area contributed by atoms with Gasteiger partial charge in [0.25, 0.3) is 5.91 Å². The zero-order valence-electron chi connectivity index (χ0n) is 19.7. The van der Waals surface area contributed by atoms with Gasteiger partial charge in [0.15, 0.2) is 11.5 Å². The van der Waals surface area contributed by atoms with Gasteiger partial charge in [-0.25, -0.2) is 0 Å². The summed E-state index contributed by atoms with van der Waals surface area (Å²) in [5, 5.41) is 12.5. The summed E-state index contributed by atoms with van der Waals surface area (Å²) >= 11 is 3.54. The highest BCUT2D eigenvalue weighted by atomic mass is 79.9. The molecule has 0 fully saturated rings. The van der Waals surface area contributed by atoms with E-state index in [1.165, 1.54) is 6.08 Å². The minimum absolute atomic E-state index is 0.0171. The average molecular weight is 519 g/mol. The molecule has 0 aliphatic rings. The van der Waals surface area contributed by atoms with Crippen LogP contribution in [0.4, 0.5) is 5.69 Å². The number of anilines is 1. The maximum Gasteiger partial charge on any atom is 0.266 e. The molecule has 174 valence electrons.